The quantitative estimate of drug-likeness (QED) is 0.745. The molecule has 0 saturated heterocycles. The van der Waals surface area contributed by atoms with Crippen molar-refractivity contribution < 1.29 is 13.2 Å². The molecule has 0 aromatic rings. The third-order valence-corrected chi connectivity index (χ3v) is 4.75. The minimum atomic E-state index is -3.04. The van der Waals surface area contributed by atoms with Crippen molar-refractivity contribution in [1.29, 1.82) is 0 Å². The Kier molecular flexibility index (Phi) is 9.68. The summed E-state index contributed by atoms with van der Waals surface area (Å²) in [6.45, 7) is 5.80. The third kappa shape index (κ3) is 6.56. The number of sulfone groups is 1. The van der Waals surface area contributed by atoms with Gasteiger partial charge in [-0.3, -0.25) is 4.79 Å². The first-order valence-electron chi connectivity index (χ1n) is 5.86. The van der Waals surface area contributed by atoms with Gasteiger partial charge in [0.1, 0.15) is 0 Å². The van der Waals surface area contributed by atoms with Crippen LogP contribution in [0.25, 0.3) is 0 Å². The highest BCUT2D eigenvalue weighted by molar-refractivity contribution is 7.91. The summed E-state index contributed by atoms with van der Waals surface area (Å²) in [6, 6.07) is -0.285. The van der Waals surface area contributed by atoms with E-state index in [-0.39, 0.29) is 41.8 Å². The molecule has 0 fully saturated rings. The van der Waals surface area contributed by atoms with Gasteiger partial charge in [0.2, 0.25) is 5.91 Å². The lowest BCUT2D eigenvalue weighted by atomic mass is 10.1. The van der Waals surface area contributed by atoms with Crippen LogP contribution in [0.15, 0.2) is 0 Å². The first-order valence-corrected chi connectivity index (χ1v) is 7.69. The monoisotopic (exact) mass is 300 g/mol. The van der Waals surface area contributed by atoms with Gasteiger partial charge in [0.05, 0.1) is 5.75 Å². The van der Waals surface area contributed by atoms with E-state index in [0.29, 0.717) is 6.54 Å². The van der Waals surface area contributed by atoms with Crippen molar-refractivity contribution in [2.75, 3.05) is 32.1 Å². The predicted octanol–water partition coefficient (Wildman–Crippen LogP) is 0.545. The van der Waals surface area contributed by atoms with Gasteiger partial charge in [-0.05, 0) is 14.0 Å². The molecule has 2 unspecified atom stereocenters. The van der Waals surface area contributed by atoms with Crippen molar-refractivity contribution in [2.45, 2.75) is 26.8 Å². The van der Waals surface area contributed by atoms with Crippen LogP contribution in [0.5, 0.6) is 0 Å². The van der Waals surface area contributed by atoms with E-state index in [1.165, 1.54) is 4.90 Å². The average Bonchev–Trinajstić information content (AvgIpc) is 2.26. The SMILES string of the molecule is CCS(=O)(=O)CC(C)N(C)C(=O)C(C)CNC.Cl. The summed E-state index contributed by atoms with van der Waals surface area (Å²) in [5.74, 6) is -0.0290. The highest BCUT2D eigenvalue weighted by atomic mass is 35.5. The lowest BCUT2D eigenvalue weighted by molar-refractivity contribution is -0.134. The molecule has 0 radical (unpaired) electrons. The Morgan fingerprint density at radius 3 is 2.22 bits per heavy atom. The highest BCUT2D eigenvalue weighted by Crippen LogP contribution is 2.07. The van der Waals surface area contributed by atoms with Crippen LogP contribution >= 0.6 is 12.4 Å². The molecule has 0 aliphatic carbocycles. The molecule has 110 valence electrons. The van der Waals surface area contributed by atoms with Crippen molar-refractivity contribution in [3.63, 3.8) is 0 Å². The number of rotatable bonds is 7. The molecule has 0 heterocycles. The first kappa shape index (κ1) is 20.0. The largest absolute Gasteiger partial charge is 0.342 e. The zero-order valence-corrected chi connectivity index (χ0v) is 13.4. The molecular weight excluding hydrogens is 276 g/mol. The Labute approximate surface area is 117 Å². The summed E-state index contributed by atoms with van der Waals surface area (Å²) in [4.78, 5) is 13.5. The molecule has 1 amide bonds. The molecule has 7 heteroatoms. The molecule has 0 aliphatic heterocycles. The maximum atomic E-state index is 11.9. The Morgan fingerprint density at radius 1 is 1.33 bits per heavy atom. The average molecular weight is 301 g/mol. The van der Waals surface area contributed by atoms with Crippen LogP contribution in [0.1, 0.15) is 20.8 Å². The van der Waals surface area contributed by atoms with Crippen molar-refractivity contribution in [3.8, 4) is 0 Å². The molecule has 0 aliphatic rings. The van der Waals surface area contributed by atoms with Gasteiger partial charge in [-0.1, -0.05) is 13.8 Å². The summed E-state index contributed by atoms with van der Waals surface area (Å²) >= 11 is 0. The van der Waals surface area contributed by atoms with E-state index in [4.69, 9.17) is 0 Å². The third-order valence-electron chi connectivity index (χ3n) is 2.88. The molecule has 0 saturated carbocycles. The van der Waals surface area contributed by atoms with Crippen molar-refractivity contribution in [2.24, 2.45) is 5.92 Å². The van der Waals surface area contributed by atoms with Crippen LogP contribution < -0.4 is 5.32 Å². The normalized spacial score (nSPS) is 14.5. The highest BCUT2D eigenvalue weighted by Gasteiger charge is 2.24. The number of carbonyl (C=O) groups excluding carboxylic acids is 1. The minimum absolute atomic E-state index is 0. The van der Waals surface area contributed by atoms with Gasteiger partial charge in [-0.2, -0.15) is 0 Å². The summed E-state index contributed by atoms with van der Waals surface area (Å²) in [6.07, 6.45) is 0. The van der Waals surface area contributed by atoms with E-state index in [9.17, 15) is 13.2 Å². The van der Waals surface area contributed by atoms with Crippen molar-refractivity contribution in [3.05, 3.63) is 0 Å². The number of halogens is 1. The topological polar surface area (TPSA) is 66.5 Å². The van der Waals surface area contributed by atoms with Gasteiger partial charge in [0.25, 0.3) is 0 Å². The molecular formula is C11H25ClN2O3S. The molecule has 1 N–H and O–H groups in total. The van der Waals surface area contributed by atoms with Gasteiger partial charge in [0.15, 0.2) is 9.84 Å². The number of hydrogen-bond acceptors (Lipinski definition) is 4. The fourth-order valence-corrected chi connectivity index (χ4v) is 2.75. The van der Waals surface area contributed by atoms with Crippen LogP contribution in [0.4, 0.5) is 0 Å². The summed E-state index contributed by atoms with van der Waals surface area (Å²) in [5, 5.41) is 2.94. The van der Waals surface area contributed by atoms with Crippen LogP contribution in [0.3, 0.4) is 0 Å². The summed E-state index contributed by atoms with van der Waals surface area (Å²) in [7, 11) is 0.399. The van der Waals surface area contributed by atoms with Crippen LogP contribution in [0, 0.1) is 5.92 Å². The lowest BCUT2D eigenvalue weighted by Crippen LogP contribution is -2.44. The van der Waals surface area contributed by atoms with Gasteiger partial charge in [-0.15, -0.1) is 12.4 Å². The molecule has 0 bridgehead atoms. The smallest absolute Gasteiger partial charge is 0.226 e. The maximum absolute atomic E-state index is 11.9. The van der Waals surface area contributed by atoms with Crippen molar-refractivity contribution in [1.82, 2.24) is 10.2 Å². The minimum Gasteiger partial charge on any atom is -0.342 e. The van der Waals surface area contributed by atoms with E-state index in [1.807, 2.05) is 6.92 Å². The molecule has 0 spiro atoms. The molecule has 2 atom stereocenters. The lowest BCUT2D eigenvalue weighted by Gasteiger charge is -2.27. The first-order chi connectivity index (χ1) is 7.75. The van der Waals surface area contributed by atoms with Crippen LogP contribution in [-0.4, -0.2) is 57.4 Å². The standard InChI is InChI=1S/C11H24N2O3S.ClH/c1-6-17(15,16)8-10(3)13(5)11(14)9(2)7-12-4;/h9-10,12H,6-8H2,1-5H3;1H. The van der Waals surface area contributed by atoms with Gasteiger partial charge in [0, 0.05) is 31.3 Å². The fraction of sp³-hybridized carbons (Fsp3) is 0.909. The van der Waals surface area contributed by atoms with Crippen LogP contribution in [0.2, 0.25) is 0 Å². The Bertz CT molecular complexity index is 346. The van der Waals surface area contributed by atoms with Gasteiger partial charge >= 0.3 is 0 Å². The van der Waals surface area contributed by atoms with E-state index in [2.05, 4.69) is 5.32 Å². The molecule has 0 rings (SSSR count). The molecule has 5 nitrogen and oxygen atoms in total. The molecule has 0 aromatic heterocycles. The number of carbonyl (C=O) groups is 1. The zero-order chi connectivity index (χ0) is 13.6. The molecule has 18 heavy (non-hydrogen) atoms. The van der Waals surface area contributed by atoms with E-state index < -0.39 is 9.84 Å². The number of nitrogens with one attached hydrogen (secondary N) is 1. The Morgan fingerprint density at radius 2 is 1.83 bits per heavy atom. The number of hydrogen-bond donors (Lipinski definition) is 1. The second-order valence-corrected chi connectivity index (χ2v) is 6.85. The predicted molar refractivity (Wildman–Crippen MR) is 76.9 cm³/mol. The zero-order valence-electron chi connectivity index (χ0n) is 11.8. The van der Waals surface area contributed by atoms with E-state index in [0.717, 1.165) is 0 Å². The second-order valence-electron chi connectivity index (χ2n) is 4.46. The summed E-state index contributed by atoms with van der Waals surface area (Å²) < 4.78 is 23.0. The fourth-order valence-electron chi connectivity index (χ4n) is 1.56. The Hall–Kier alpha value is -0.330. The number of nitrogens with zero attached hydrogens (tertiary/aromatic N) is 1. The van der Waals surface area contributed by atoms with E-state index >= 15 is 0 Å². The van der Waals surface area contributed by atoms with Crippen LogP contribution in [-0.2, 0) is 14.6 Å². The number of amides is 1. The summed E-state index contributed by atoms with van der Waals surface area (Å²) in [5.41, 5.74) is 0. The van der Waals surface area contributed by atoms with E-state index in [1.54, 1.807) is 27.9 Å². The van der Waals surface area contributed by atoms with Gasteiger partial charge < -0.3 is 10.2 Å². The Balaban J connectivity index is 0. The maximum Gasteiger partial charge on any atom is 0.226 e. The van der Waals surface area contributed by atoms with Gasteiger partial charge in [-0.25, -0.2) is 8.42 Å². The second kappa shape index (κ2) is 8.72. The van der Waals surface area contributed by atoms with Crippen molar-refractivity contribution >= 4 is 28.2 Å². The molecule has 0 aromatic carbocycles.